The molecule has 4 rings (SSSR count). The highest BCUT2D eigenvalue weighted by atomic mass is 35.5. The van der Waals surface area contributed by atoms with E-state index in [-0.39, 0.29) is 12.4 Å². The monoisotopic (exact) mass is 412 g/mol. The molecule has 1 aliphatic heterocycles. The predicted octanol–water partition coefficient (Wildman–Crippen LogP) is 4.72. The van der Waals surface area contributed by atoms with E-state index in [4.69, 9.17) is 14.2 Å². The van der Waals surface area contributed by atoms with Gasteiger partial charge in [0.2, 0.25) is 6.79 Å². The predicted molar refractivity (Wildman–Crippen MR) is 115 cm³/mol. The number of aromatic nitrogens is 1. The van der Waals surface area contributed by atoms with Gasteiger partial charge in [-0.2, -0.15) is 0 Å². The van der Waals surface area contributed by atoms with E-state index in [2.05, 4.69) is 42.3 Å². The molecule has 29 heavy (non-hydrogen) atoms. The van der Waals surface area contributed by atoms with Gasteiger partial charge in [-0.15, -0.1) is 12.4 Å². The number of nitrogens with zero attached hydrogens (tertiary/aromatic N) is 1. The summed E-state index contributed by atoms with van der Waals surface area (Å²) in [5.74, 6) is 2.57. The molecule has 0 saturated carbocycles. The molecule has 0 aliphatic carbocycles. The number of hydrogen-bond acceptors (Lipinski definition) is 5. The Balaban J connectivity index is 0.00000240. The first-order valence-corrected chi connectivity index (χ1v) is 9.41. The highest BCUT2D eigenvalue weighted by Crippen LogP contribution is 2.32. The van der Waals surface area contributed by atoms with Crippen molar-refractivity contribution in [3.05, 3.63) is 82.7 Å². The fourth-order valence-electron chi connectivity index (χ4n) is 3.40. The lowest BCUT2D eigenvalue weighted by molar-refractivity contribution is 0.174. The second-order valence-corrected chi connectivity index (χ2v) is 6.96. The number of hydrogen-bond donors (Lipinski definition) is 1. The quantitative estimate of drug-likeness (QED) is 0.608. The zero-order chi connectivity index (χ0) is 19.3. The van der Waals surface area contributed by atoms with Crippen molar-refractivity contribution >= 4 is 12.4 Å². The maximum absolute atomic E-state index is 6.02. The Morgan fingerprint density at radius 1 is 0.931 bits per heavy atom. The minimum Gasteiger partial charge on any atom is -0.487 e. The average molecular weight is 413 g/mol. The van der Waals surface area contributed by atoms with E-state index in [9.17, 15) is 0 Å². The van der Waals surface area contributed by atoms with E-state index in [0.717, 1.165) is 47.2 Å². The first kappa shape index (κ1) is 21.0. The molecule has 1 N–H and O–H groups in total. The third-order valence-electron chi connectivity index (χ3n) is 4.71. The van der Waals surface area contributed by atoms with Gasteiger partial charge in [0.15, 0.2) is 11.5 Å². The van der Waals surface area contributed by atoms with E-state index in [1.165, 1.54) is 11.1 Å². The molecule has 5 nitrogen and oxygen atoms in total. The Labute approximate surface area is 177 Å². The largest absolute Gasteiger partial charge is 0.487 e. The van der Waals surface area contributed by atoms with Gasteiger partial charge in [0.1, 0.15) is 12.4 Å². The molecular formula is C23H25ClN2O3. The normalized spacial score (nSPS) is 11.8. The van der Waals surface area contributed by atoms with E-state index < -0.39 is 0 Å². The summed E-state index contributed by atoms with van der Waals surface area (Å²) in [5, 5.41) is 3.49. The molecule has 6 heteroatoms. The summed E-state index contributed by atoms with van der Waals surface area (Å²) in [6, 6.07) is 16.2. The zero-order valence-electron chi connectivity index (χ0n) is 16.6. The Morgan fingerprint density at radius 3 is 2.45 bits per heavy atom. The molecule has 1 aromatic heterocycles. The number of aryl methyl sites for hydroxylation is 2. The van der Waals surface area contributed by atoms with Crippen LogP contribution in [-0.2, 0) is 19.7 Å². The Morgan fingerprint density at radius 2 is 1.69 bits per heavy atom. The third kappa shape index (κ3) is 5.19. The van der Waals surface area contributed by atoms with Crippen molar-refractivity contribution in [3.8, 4) is 17.2 Å². The Kier molecular flexibility index (Phi) is 6.96. The molecule has 0 fully saturated rings. The van der Waals surface area contributed by atoms with Crippen LogP contribution in [0.2, 0.25) is 0 Å². The van der Waals surface area contributed by atoms with Crippen molar-refractivity contribution in [1.82, 2.24) is 10.3 Å². The van der Waals surface area contributed by atoms with Gasteiger partial charge < -0.3 is 19.5 Å². The third-order valence-corrected chi connectivity index (χ3v) is 4.71. The number of rotatable bonds is 7. The number of fused-ring (bicyclic) bond motifs is 1. The number of ether oxygens (including phenoxy) is 3. The van der Waals surface area contributed by atoms with Crippen molar-refractivity contribution in [2.75, 3.05) is 6.79 Å². The van der Waals surface area contributed by atoms with Crippen LogP contribution < -0.4 is 19.5 Å². The van der Waals surface area contributed by atoms with Crippen LogP contribution in [0.4, 0.5) is 0 Å². The Hall–Kier alpha value is -2.76. The summed E-state index contributed by atoms with van der Waals surface area (Å²) in [6.45, 7) is 6.51. The van der Waals surface area contributed by atoms with Crippen LogP contribution in [0.15, 0.2) is 54.7 Å². The first-order chi connectivity index (χ1) is 13.7. The van der Waals surface area contributed by atoms with Crippen molar-refractivity contribution in [3.63, 3.8) is 0 Å². The smallest absolute Gasteiger partial charge is 0.231 e. The van der Waals surface area contributed by atoms with Crippen LogP contribution >= 0.6 is 12.4 Å². The second kappa shape index (κ2) is 9.63. The molecule has 152 valence electrons. The van der Waals surface area contributed by atoms with Crippen LogP contribution in [0.25, 0.3) is 0 Å². The highest BCUT2D eigenvalue weighted by molar-refractivity contribution is 5.85. The average Bonchev–Trinajstić information content (AvgIpc) is 3.16. The summed E-state index contributed by atoms with van der Waals surface area (Å²) in [5.41, 5.74) is 5.61. The van der Waals surface area contributed by atoms with Crippen molar-refractivity contribution in [2.45, 2.75) is 33.5 Å². The molecule has 0 unspecified atom stereocenters. The minimum atomic E-state index is 0. The van der Waals surface area contributed by atoms with Crippen LogP contribution in [0.5, 0.6) is 17.2 Å². The molecule has 2 aromatic carbocycles. The molecule has 0 saturated heterocycles. The maximum Gasteiger partial charge on any atom is 0.231 e. The Bertz CT molecular complexity index is 941. The van der Waals surface area contributed by atoms with Crippen molar-refractivity contribution < 1.29 is 14.2 Å². The van der Waals surface area contributed by atoms with Crippen LogP contribution in [0.3, 0.4) is 0 Å². The molecule has 0 atom stereocenters. The summed E-state index contributed by atoms with van der Waals surface area (Å²) >= 11 is 0. The lowest BCUT2D eigenvalue weighted by atomic mass is 10.1. The summed E-state index contributed by atoms with van der Waals surface area (Å²) in [6.07, 6.45) is 1.79. The topological polar surface area (TPSA) is 52.6 Å². The van der Waals surface area contributed by atoms with Crippen LogP contribution in [-0.4, -0.2) is 11.8 Å². The molecule has 0 spiro atoms. The molecular weight excluding hydrogens is 388 g/mol. The van der Waals surface area contributed by atoms with Crippen molar-refractivity contribution in [1.29, 1.82) is 0 Å². The van der Waals surface area contributed by atoms with Crippen LogP contribution in [0, 0.1) is 13.8 Å². The summed E-state index contributed by atoms with van der Waals surface area (Å²) in [4.78, 5) is 4.31. The molecule has 0 radical (unpaired) electrons. The van der Waals surface area contributed by atoms with Gasteiger partial charge >= 0.3 is 0 Å². The van der Waals surface area contributed by atoms with Gasteiger partial charge in [0, 0.05) is 19.3 Å². The fraction of sp³-hybridized carbons (Fsp3) is 0.261. The van der Waals surface area contributed by atoms with E-state index in [1.54, 1.807) is 6.20 Å². The van der Waals surface area contributed by atoms with E-state index in [1.807, 2.05) is 30.3 Å². The number of nitrogens with one attached hydrogen (secondary N) is 1. The van der Waals surface area contributed by atoms with Gasteiger partial charge in [-0.3, -0.25) is 4.98 Å². The molecule has 3 aromatic rings. The molecule has 0 amide bonds. The standard InChI is InChI=1S/C23H24N2O3.ClH/c1-16-9-19(10-17(2)23(16)26-14-20-5-3-4-8-25-20)13-24-12-18-6-7-21-22(11-18)28-15-27-21;/h3-11,24H,12-15H2,1-2H3;1H. The van der Waals surface area contributed by atoms with Gasteiger partial charge in [0.05, 0.1) is 5.69 Å². The van der Waals surface area contributed by atoms with E-state index >= 15 is 0 Å². The minimum absolute atomic E-state index is 0. The van der Waals surface area contributed by atoms with Crippen molar-refractivity contribution in [2.24, 2.45) is 0 Å². The summed E-state index contributed by atoms with van der Waals surface area (Å²) < 4.78 is 16.8. The van der Waals surface area contributed by atoms with Gasteiger partial charge in [-0.1, -0.05) is 24.3 Å². The van der Waals surface area contributed by atoms with Gasteiger partial charge in [0.25, 0.3) is 0 Å². The first-order valence-electron chi connectivity index (χ1n) is 9.41. The zero-order valence-corrected chi connectivity index (χ0v) is 17.4. The maximum atomic E-state index is 6.02. The molecule has 2 heterocycles. The fourth-order valence-corrected chi connectivity index (χ4v) is 3.40. The molecule has 1 aliphatic rings. The lowest BCUT2D eigenvalue weighted by Gasteiger charge is -2.14. The van der Waals surface area contributed by atoms with Gasteiger partial charge in [-0.25, -0.2) is 0 Å². The van der Waals surface area contributed by atoms with E-state index in [0.29, 0.717) is 13.4 Å². The number of halogens is 1. The number of benzene rings is 2. The van der Waals surface area contributed by atoms with Crippen LogP contribution in [0.1, 0.15) is 27.9 Å². The second-order valence-electron chi connectivity index (χ2n) is 6.96. The SMILES string of the molecule is Cc1cc(CNCc2ccc3c(c2)OCO3)cc(C)c1OCc1ccccn1.Cl. The lowest BCUT2D eigenvalue weighted by Crippen LogP contribution is -2.13. The van der Waals surface area contributed by atoms with Gasteiger partial charge in [-0.05, 0) is 60.4 Å². The molecule has 0 bridgehead atoms. The number of pyridine rings is 1. The summed E-state index contributed by atoms with van der Waals surface area (Å²) in [7, 11) is 0. The highest BCUT2D eigenvalue weighted by Gasteiger charge is 2.13.